The van der Waals surface area contributed by atoms with Crippen molar-refractivity contribution in [2.45, 2.75) is 6.92 Å². The molecule has 2 aromatic heterocycles. The van der Waals surface area contributed by atoms with Gasteiger partial charge in [0.25, 0.3) is 0 Å². The lowest BCUT2D eigenvalue weighted by Gasteiger charge is -2.11. The Morgan fingerprint density at radius 3 is 2.66 bits per heavy atom. The Balaban J connectivity index is 1.77. The Hall–Kier alpha value is -3.20. The third-order valence-electron chi connectivity index (χ3n) is 4.74. The van der Waals surface area contributed by atoms with Crippen LogP contribution in [0.2, 0.25) is 5.02 Å². The number of carbonyl (C=O) groups is 1. The summed E-state index contributed by atoms with van der Waals surface area (Å²) in [5.74, 6) is -3.00. The molecule has 0 saturated heterocycles. The average Bonchev–Trinajstić information content (AvgIpc) is 3.20. The Labute approximate surface area is 190 Å². The highest BCUT2D eigenvalue weighted by Gasteiger charge is 2.25. The first-order chi connectivity index (χ1) is 15.4. The molecule has 2 aromatic carbocycles. The number of ketones is 1. The number of hydrogen-bond donors (Lipinski definition) is 2. The van der Waals surface area contributed by atoms with Crippen LogP contribution in [0.4, 0.5) is 14.5 Å². The summed E-state index contributed by atoms with van der Waals surface area (Å²) in [5.41, 5.74) is 0.999. The van der Waals surface area contributed by atoms with E-state index in [0.717, 1.165) is 17.7 Å². The number of pyridine rings is 1. The minimum Gasteiger partial charge on any atom is -0.588 e. The first kappa shape index (κ1) is 22.0. The molecule has 2 heterocycles. The lowest BCUT2D eigenvalue weighted by atomic mass is 10.00. The standard InChI is InChI=1S/C23H16ClF2N3O2S/c1-2-9-32(31)29-19-8-7-18(25)20(21(19)26)22(30)17-12-28-23-16(17)10-14(11-27-23)13-3-5-15(24)6-4-13/h2-12,29H,1H3,(H,27,28)/b9-2-. The molecule has 0 spiro atoms. The van der Waals surface area contributed by atoms with Crippen molar-refractivity contribution in [3.8, 4) is 11.1 Å². The molecule has 0 bridgehead atoms. The van der Waals surface area contributed by atoms with Gasteiger partial charge in [0.05, 0.1) is 16.9 Å². The van der Waals surface area contributed by atoms with Crippen LogP contribution in [0.15, 0.2) is 66.3 Å². The molecule has 0 fully saturated rings. The van der Waals surface area contributed by atoms with Gasteiger partial charge in [0.1, 0.15) is 22.6 Å². The average molecular weight is 472 g/mol. The van der Waals surface area contributed by atoms with Gasteiger partial charge < -0.3 is 9.54 Å². The maximum absolute atomic E-state index is 15.0. The number of halogens is 3. The third kappa shape index (κ3) is 4.25. The molecule has 9 heteroatoms. The third-order valence-corrected chi connectivity index (χ3v) is 5.93. The SMILES string of the molecule is C/C=C\[S+]([O-])Nc1ccc(F)c(C(=O)c2c[nH]c3ncc(-c4ccc(Cl)cc4)cc23)c1F. The van der Waals surface area contributed by atoms with Crippen LogP contribution in [0.3, 0.4) is 0 Å². The maximum Gasteiger partial charge on any atom is 0.201 e. The predicted molar refractivity (Wildman–Crippen MR) is 123 cm³/mol. The molecule has 5 nitrogen and oxygen atoms in total. The lowest BCUT2D eigenvalue weighted by molar-refractivity contribution is 0.103. The Kier molecular flexibility index (Phi) is 6.27. The maximum atomic E-state index is 15.0. The van der Waals surface area contributed by atoms with Crippen molar-refractivity contribution in [1.29, 1.82) is 0 Å². The number of anilines is 1. The fourth-order valence-corrected chi connectivity index (χ4v) is 4.05. The monoisotopic (exact) mass is 471 g/mol. The van der Waals surface area contributed by atoms with Gasteiger partial charge in [-0.3, -0.25) is 4.79 Å². The molecular weight excluding hydrogens is 456 g/mol. The summed E-state index contributed by atoms with van der Waals surface area (Å²) >= 11 is 4.21. The number of fused-ring (bicyclic) bond motifs is 1. The van der Waals surface area contributed by atoms with E-state index in [4.69, 9.17) is 11.6 Å². The van der Waals surface area contributed by atoms with E-state index in [1.54, 1.807) is 43.5 Å². The normalized spacial score (nSPS) is 12.4. The van der Waals surface area contributed by atoms with Crippen LogP contribution < -0.4 is 4.72 Å². The van der Waals surface area contributed by atoms with Gasteiger partial charge in [0, 0.05) is 33.9 Å². The van der Waals surface area contributed by atoms with Gasteiger partial charge in [0.15, 0.2) is 5.82 Å². The summed E-state index contributed by atoms with van der Waals surface area (Å²) in [4.78, 5) is 20.3. The zero-order chi connectivity index (χ0) is 22.8. The summed E-state index contributed by atoms with van der Waals surface area (Å²) in [6, 6.07) is 10.8. The highest BCUT2D eigenvalue weighted by molar-refractivity contribution is 7.95. The van der Waals surface area contributed by atoms with Crippen LogP contribution in [0.25, 0.3) is 22.2 Å². The molecule has 4 rings (SSSR count). The van der Waals surface area contributed by atoms with E-state index in [0.29, 0.717) is 21.6 Å². The first-order valence-corrected chi connectivity index (χ1v) is 11.0. The van der Waals surface area contributed by atoms with Crippen LogP contribution in [-0.2, 0) is 11.4 Å². The topological polar surface area (TPSA) is 80.8 Å². The fraction of sp³-hybridized carbons (Fsp3) is 0.0435. The number of benzene rings is 2. The van der Waals surface area contributed by atoms with Crippen LogP contribution in [0.5, 0.6) is 0 Å². The number of allylic oxidation sites excluding steroid dienone is 1. The number of hydrogen-bond acceptors (Lipinski definition) is 4. The highest BCUT2D eigenvalue weighted by Crippen LogP contribution is 2.30. The Morgan fingerprint density at radius 1 is 1.19 bits per heavy atom. The van der Waals surface area contributed by atoms with Crippen LogP contribution >= 0.6 is 11.6 Å². The summed E-state index contributed by atoms with van der Waals surface area (Å²) in [6.07, 6.45) is 4.51. The van der Waals surface area contributed by atoms with Crippen molar-refractivity contribution in [1.82, 2.24) is 9.97 Å². The number of aromatic amines is 1. The first-order valence-electron chi connectivity index (χ1n) is 9.45. The van der Waals surface area contributed by atoms with E-state index < -0.39 is 34.3 Å². The number of carbonyl (C=O) groups excluding carboxylic acids is 1. The van der Waals surface area contributed by atoms with E-state index >= 15 is 4.39 Å². The van der Waals surface area contributed by atoms with Gasteiger partial charge in [-0.05, 0) is 48.9 Å². The van der Waals surface area contributed by atoms with Gasteiger partial charge in [0.2, 0.25) is 5.78 Å². The van der Waals surface area contributed by atoms with E-state index in [9.17, 15) is 13.7 Å². The Morgan fingerprint density at radius 2 is 1.94 bits per heavy atom. The molecule has 1 unspecified atom stereocenters. The van der Waals surface area contributed by atoms with E-state index in [2.05, 4.69) is 14.7 Å². The van der Waals surface area contributed by atoms with Gasteiger partial charge in [-0.1, -0.05) is 23.7 Å². The molecule has 0 aliphatic carbocycles. The van der Waals surface area contributed by atoms with Crippen molar-refractivity contribution >= 4 is 45.5 Å². The van der Waals surface area contributed by atoms with E-state index in [-0.39, 0.29) is 11.3 Å². The number of nitrogens with one attached hydrogen (secondary N) is 2. The predicted octanol–water partition coefficient (Wildman–Crippen LogP) is 6.00. The number of rotatable bonds is 6. The van der Waals surface area contributed by atoms with Crippen molar-refractivity contribution in [2.75, 3.05) is 4.72 Å². The second-order valence-corrected chi connectivity index (χ2v) is 8.32. The molecule has 0 saturated carbocycles. The fourth-order valence-electron chi connectivity index (χ4n) is 3.23. The lowest BCUT2D eigenvalue weighted by Crippen LogP contribution is -2.14. The van der Waals surface area contributed by atoms with Crippen molar-refractivity contribution in [3.63, 3.8) is 0 Å². The van der Waals surface area contributed by atoms with E-state index in [1.165, 1.54) is 17.7 Å². The molecule has 32 heavy (non-hydrogen) atoms. The Bertz CT molecular complexity index is 1340. The quantitative estimate of drug-likeness (QED) is 0.267. The second-order valence-electron chi connectivity index (χ2n) is 6.81. The molecule has 0 aliphatic rings. The minimum atomic E-state index is -1.72. The van der Waals surface area contributed by atoms with Crippen molar-refractivity contribution in [2.24, 2.45) is 0 Å². The number of H-pyrrole nitrogens is 1. The molecule has 1 atom stereocenters. The van der Waals surface area contributed by atoms with Crippen molar-refractivity contribution < 1.29 is 18.1 Å². The van der Waals surface area contributed by atoms with Crippen LogP contribution in [0, 0.1) is 11.6 Å². The summed E-state index contributed by atoms with van der Waals surface area (Å²) < 4.78 is 43.8. The second kappa shape index (κ2) is 9.12. The molecule has 0 aliphatic heterocycles. The van der Waals surface area contributed by atoms with Gasteiger partial charge >= 0.3 is 0 Å². The molecular formula is C23H16ClF2N3O2S. The van der Waals surface area contributed by atoms with E-state index in [1.807, 2.05) is 0 Å². The summed E-state index contributed by atoms with van der Waals surface area (Å²) in [5, 5.41) is 2.29. The zero-order valence-corrected chi connectivity index (χ0v) is 18.2. The molecule has 0 amide bonds. The summed E-state index contributed by atoms with van der Waals surface area (Å²) in [6.45, 7) is 1.65. The minimum absolute atomic E-state index is 0.0628. The molecule has 4 aromatic rings. The summed E-state index contributed by atoms with van der Waals surface area (Å²) in [7, 11) is 0. The highest BCUT2D eigenvalue weighted by atomic mass is 35.5. The molecule has 2 N–H and O–H groups in total. The van der Waals surface area contributed by atoms with Crippen LogP contribution in [0.1, 0.15) is 22.8 Å². The van der Waals surface area contributed by atoms with Gasteiger partial charge in [-0.2, -0.15) is 0 Å². The number of aromatic nitrogens is 2. The molecule has 162 valence electrons. The largest absolute Gasteiger partial charge is 0.588 e. The van der Waals surface area contributed by atoms with Crippen molar-refractivity contribution in [3.05, 3.63) is 94.1 Å². The van der Waals surface area contributed by atoms with Gasteiger partial charge in [-0.25, -0.2) is 18.5 Å². The zero-order valence-electron chi connectivity index (χ0n) is 16.7. The smallest absolute Gasteiger partial charge is 0.201 e. The molecule has 0 radical (unpaired) electrons. The van der Waals surface area contributed by atoms with Crippen LogP contribution in [-0.4, -0.2) is 20.3 Å². The number of nitrogens with zero attached hydrogens (tertiary/aromatic N) is 1. The van der Waals surface area contributed by atoms with Gasteiger partial charge in [-0.15, -0.1) is 0 Å².